The molecule has 1 saturated heterocycles. The van der Waals surface area contributed by atoms with Gasteiger partial charge < -0.3 is 9.47 Å². The number of halogens is 1. The fourth-order valence-corrected chi connectivity index (χ4v) is 4.72. The first kappa shape index (κ1) is 25.4. The molecule has 4 amide bonds. The van der Waals surface area contributed by atoms with Crippen LogP contribution in [-0.4, -0.2) is 40.3 Å². The van der Waals surface area contributed by atoms with E-state index in [0.29, 0.717) is 33.7 Å². The van der Waals surface area contributed by atoms with Crippen molar-refractivity contribution in [1.82, 2.24) is 10.2 Å². The summed E-state index contributed by atoms with van der Waals surface area (Å²) in [6.07, 6.45) is 4.71. The third-order valence-corrected chi connectivity index (χ3v) is 6.69. The Balaban J connectivity index is 1.61. The molecular formula is C25H24BrN3O7. The smallest absolute Gasteiger partial charge is 0.331 e. The number of carbonyl (C=O) groups is 3. The van der Waals surface area contributed by atoms with Crippen molar-refractivity contribution < 1.29 is 28.8 Å². The summed E-state index contributed by atoms with van der Waals surface area (Å²) >= 11 is 3.46. The quantitative estimate of drug-likeness (QED) is 0.215. The molecule has 0 bridgehead atoms. The van der Waals surface area contributed by atoms with Gasteiger partial charge in [0.25, 0.3) is 17.5 Å². The summed E-state index contributed by atoms with van der Waals surface area (Å²) in [5, 5.41) is 13.3. The van der Waals surface area contributed by atoms with Gasteiger partial charge in [-0.05, 0) is 49.1 Å². The lowest BCUT2D eigenvalue weighted by Gasteiger charge is -2.31. The van der Waals surface area contributed by atoms with Crippen LogP contribution in [0.4, 0.5) is 10.5 Å². The number of nitro benzene ring substituents is 1. The van der Waals surface area contributed by atoms with E-state index in [1.807, 2.05) is 0 Å². The number of nitrogens with one attached hydrogen (secondary N) is 1. The molecule has 2 aromatic rings. The van der Waals surface area contributed by atoms with Crippen LogP contribution in [0.3, 0.4) is 0 Å². The third-order valence-electron chi connectivity index (χ3n) is 6.00. The van der Waals surface area contributed by atoms with Crippen LogP contribution in [-0.2, 0) is 16.2 Å². The lowest BCUT2D eigenvalue weighted by atomic mass is 10.0. The van der Waals surface area contributed by atoms with Crippen LogP contribution < -0.4 is 14.8 Å². The summed E-state index contributed by atoms with van der Waals surface area (Å²) in [7, 11) is 0. The average molecular weight is 558 g/mol. The van der Waals surface area contributed by atoms with Gasteiger partial charge in [0.15, 0.2) is 11.5 Å². The fraction of sp³-hybridized carbons (Fsp3) is 0.320. The topological polar surface area (TPSA) is 128 Å². The van der Waals surface area contributed by atoms with Crippen molar-refractivity contribution in [1.29, 1.82) is 0 Å². The number of benzene rings is 2. The zero-order valence-electron chi connectivity index (χ0n) is 19.5. The standard InChI is InChI=1S/C25H24BrN3O7/c1-2-35-21-12-16(11-19-23(30)27-25(32)28(24(19)31)17-7-3-4-8-17)20(26)13-22(21)36-14-15-6-5-9-18(10-15)29(33)34/h5-6,9-13,17H,2-4,7-8,14H2,1H3,(H,27,30,32)/b19-11+. The molecule has 1 aliphatic carbocycles. The summed E-state index contributed by atoms with van der Waals surface area (Å²) < 4.78 is 12.1. The third kappa shape index (κ3) is 5.40. The number of rotatable bonds is 8. The molecule has 1 N–H and O–H groups in total. The summed E-state index contributed by atoms with van der Waals surface area (Å²) in [6.45, 7) is 2.19. The zero-order valence-corrected chi connectivity index (χ0v) is 21.1. The molecule has 0 atom stereocenters. The molecule has 1 saturated carbocycles. The van der Waals surface area contributed by atoms with Crippen molar-refractivity contribution in [2.75, 3.05) is 6.61 Å². The van der Waals surface area contributed by atoms with E-state index in [9.17, 15) is 24.5 Å². The van der Waals surface area contributed by atoms with Gasteiger partial charge in [0, 0.05) is 22.6 Å². The van der Waals surface area contributed by atoms with Crippen molar-refractivity contribution in [2.45, 2.75) is 45.3 Å². The highest BCUT2D eigenvalue weighted by molar-refractivity contribution is 9.10. The van der Waals surface area contributed by atoms with Crippen molar-refractivity contribution in [2.24, 2.45) is 0 Å². The molecule has 0 aromatic heterocycles. The molecule has 1 aliphatic heterocycles. The molecule has 11 heteroatoms. The molecule has 0 unspecified atom stereocenters. The average Bonchev–Trinajstić information content (AvgIpc) is 3.37. The first-order valence-electron chi connectivity index (χ1n) is 11.5. The monoisotopic (exact) mass is 557 g/mol. The van der Waals surface area contributed by atoms with E-state index in [0.717, 1.165) is 30.6 Å². The second-order valence-electron chi connectivity index (χ2n) is 8.40. The van der Waals surface area contributed by atoms with Crippen molar-refractivity contribution >= 4 is 45.5 Å². The first-order valence-corrected chi connectivity index (χ1v) is 12.3. The Morgan fingerprint density at radius 3 is 2.56 bits per heavy atom. The minimum atomic E-state index is -0.755. The highest BCUT2D eigenvalue weighted by Crippen LogP contribution is 2.36. The van der Waals surface area contributed by atoms with E-state index in [2.05, 4.69) is 21.2 Å². The Kier molecular flexibility index (Phi) is 7.68. The molecule has 1 heterocycles. The van der Waals surface area contributed by atoms with Crippen LogP contribution in [0.25, 0.3) is 6.08 Å². The van der Waals surface area contributed by atoms with E-state index in [4.69, 9.17) is 9.47 Å². The SMILES string of the molecule is CCOc1cc(/C=C2\C(=O)NC(=O)N(C3CCCC3)C2=O)c(Br)cc1OCc1cccc([N+](=O)[O-])c1. The number of nitro groups is 1. The number of urea groups is 1. The second-order valence-corrected chi connectivity index (χ2v) is 9.25. The van der Waals surface area contributed by atoms with Gasteiger partial charge >= 0.3 is 6.03 Å². The number of amides is 4. The Labute approximate surface area is 215 Å². The zero-order chi connectivity index (χ0) is 25.8. The van der Waals surface area contributed by atoms with E-state index >= 15 is 0 Å². The predicted molar refractivity (Wildman–Crippen MR) is 133 cm³/mol. The largest absolute Gasteiger partial charge is 0.490 e. The van der Waals surface area contributed by atoms with Crippen LogP contribution in [0.5, 0.6) is 11.5 Å². The lowest BCUT2D eigenvalue weighted by molar-refractivity contribution is -0.384. The maximum absolute atomic E-state index is 13.1. The Bertz CT molecular complexity index is 1250. The van der Waals surface area contributed by atoms with Gasteiger partial charge in [-0.2, -0.15) is 0 Å². The molecule has 188 valence electrons. The number of imide groups is 2. The van der Waals surface area contributed by atoms with Crippen molar-refractivity contribution in [3.8, 4) is 11.5 Å². The fourth-order valence-electron chi connectivity index (χ4n) is 4.28. The minimum Gasteiger partial charge on any atom is -0.490 e. The summed E-state index contributed by atoms with van der Waals surface area (Å²) in [5.41, 5.74) is 0.912. The number of hydrogen-bond acceptors (Lipinski definition) is 7. The van der Waals surface area contributed by atoms with E-state index in [1.54, 1.807) is 31.2 Å². The minimum absolute atomic E-state index is 0.0372. The van der Waals surface area contributed by atoms with Gasteiger partial charge in [-0.25, -0.2) is 4.79 Å². The van der Waals surface area contributed by atoms with E-state index < -0.39 is 22.8 Å². The highest BCUT2D eigenvalue weighted by Gasteiger charge is 2.40. The molecule has 0 radical (unpaired) electrons. The van der Waals surface area contributed by atoms with Gasteiger partial charge in [-0.15, -0.1) is 0 Å². The number of nitrogens with zero attached hydrogens (tertiary/aromatic N) is 2. The van der Waals surface area contributed by atoms with Crippen LogP contribution >= 0.6 is 15.9 Å². The first-order chi connectivity index (χ1) is 17.3. The van der Waals surface area contributed by atoms with Crippen molar-refractivity contribution in [3.63, 3.8) is 0 Å². The number of barbiturate groups is 1. The Morgan fingerprint density at radius 1 is 1.14 bits per heavy atom. The van der Waals surface area contributed by atoms with E-state index in [-0.39, 0.29) is 23.9 Å². The maximum atomic E-state index is 13.1. The Morgan fingerprint density at radius 2 is 1.86 bits per heavy atom. The molecule has 2 aromatic carbocycles. The second kappa shape index (κ2) is 10.9. The number of non-ortho nitro benzene ring substituents is 1. The van der Waals surface area contributed by atoms with Crippen LogP contribution in [0.2, 0.25) is 0 Å². The van der Waals surface area contributed by atoms with Crippen molar-refractivity contribution in [3.05, 3.63) is 67.7 Å². The van der Waals surface area contributed by atoms with E-state index in [1.165, 1.54) is 18.2 Å². The van der Waals surface area contributed by atoms with Gasteiger partial charge in [0.1, 0.15) is 12.2 Å². The van der Waals surface area contributed by atoms with Gasteiger partial charge in [-0.1, -0.05) is 40.9 Å². The van der Waals surface area contributed by atoms with Crippen LogP contribution in [0.15, 0.2) is 46.4 Å². The van der Waals surface area contributed by atoms with Gasteiger partial charge in [-0.3, -0.25) is 29.9 Å². The number of hydrogen-bond donors (Lipinski definition) is 1. The summed E-state index contributed by atoms with van der Waals surface area (Å²) in [4.78, 5) is 49.7. The van der Waals surface area contributed by atoms with Gasteiger partial charge in [0.05, 0.1) is 11.5 Å². The van der Waals surface area contributed by atoms with Crippen LogP contribution in [0, 0.1) is 10.1 Å². The molecular weight excluding hydrogens is 534 g/mol. The molecule has 2 aliphatic rings. The molecule has 10 nitrogen and oxygen atoms in total. The molecule has 4 rings (SSSR count). The van der Waals surface area contributed by atoms with Gasteiger partial charge in [0.2, 0.25) is 0 Å². The molecule has 36 heavy (non-hydrogen) atoms. The normalized spacial score (nSPS) is 17.4. The molecule has 0 spiro atoms. The summed E-state index contributed by atoms with van der Waals surface area (Å²) in [5.74, 6) is -0.633. The van der Waals surface area contributed by atoms with Crippen LogP contribution in [0.1, 0.15) is 43.7 Å². The maximum Gasteiger partial charge on any atom is 0.331 e. The number of carbonyl (C=O) groups excluding carboxylic acids is 3. The predicted octanol–water partition coefficient (Wildman–Crippen LogP) is 4.74. The number of ether oxygens (including phenoxy) is 2. The summed E-state index contributed by atoms with van der Waals surface area (Å²) in [6, 6.07) is 8.48. The molecule has 2 fully saturated rings. The Hall–Kier alpha value is -3.73. The lowest BCUT2D eigenvalue weighted by Crippen LogP contribution is -2.57. The highest BCUT2D eigenvalue weighted by atomic mass is 79.9.